The maximum atomic E-state index is 13.7. The zero-order chi connectivity index (χ0) is 23.8. The monoisotopic (exact) mass is 477 g/mol. The first-order valence-electron chi connectivity index (χ1n) is 11.3. The number of amides is 2. The lowest BCUT2D eigenvalue weighted by atomic mass is 9.86. The summed E-state index contributed by atoms with van der Waals surface area (Å²) in [7, 11) is 0. The number of benzene rings is 2. The summed E-state index contributed by atoms with van der Waals surface area (Å²) in [6.07, 6.45) is 3.65. The zero-order valence-corrected chi connectivity index (χ0v) is 21.3. The van der Waals surface area contributed by atoms with Crippen LogP contribution >= 0.6 is 12.4 Å². The first kappa shape index (κ1) is 25.3. The van der Waals surface area contributed by atoms with Crippen LogP contribution in [0.25, 0.3) is 0 Å². The van der Waals surface area contributed by atoms with Gasteiger partial charge in [0.25, 0.3) is 0 Å². The van der Waals surface area contributed by atoms with Gasteiger partial charge in [0.2, 0.25) is 0 Å². The normalized spacial score (nSPS) is 15.9. The molecule has 1 fully saturated rings. The number of nitrogens with zero attached hydrogens (tertiary/aromatic N) is 5. The van der Waals surface area contributed by atoms with E-state index in [0.29, 0.717) is 25.2 Å². The molecular formula is C27H32ClN5O. The van der Waals surface area contributed by atoms with Crippen molar-refractivity contribution < 1.29 is 4.79 Å². The Morgan fingerprint density at radius 3 is 2.44 bits per heavy atom. The first-order chi connectivity index (χ1) is 15.7. The van der Waals surface area contributed by atoms with Crippen LogP contribution in [-0.2, 0) is 13.1 Å². The maximum absolute atomic E-state index is 13.7. The molecule has 1 aromatic heterocycles. The summed E-state index contributed by atoms with van der Waals surface area (Å²) in [6, 6.07) is 16.0. The average molecular weight is 478 g/mol. The van der Waals surface area contributed by atoms with E-state index in [2.05, 4.69) is 56.3 Å². The number of imidazole rings is 1. The van der Waals surface area contributed by atoms with Crippen molar-refractivity contribution in [2.45, 2.75) is 53.8 Å². The van der Waals surface area contributed by atoms with Crippen molar-refractivity contribution in [3.63, 3.8) is 0 Å². The average Bonchev–Trinajstić information content (AvgIpc) is 3.35. The SMILES string of the molecule is Cc1cccc(N2C[C@H](C(C)(C)C)N(Cc3cncn3Cc3ccc(C#N)cc3)C2=O)c1C.Cl. The molecule has 0 spiro atoms. The third-order valence-electron chi connectivity index (χ3n) is 6.64. The summed E-state index contributed by atoms with van der Waals surface area (Å²) in [5.41, 5.74) is 5.97. The Bertz CT molecular complexity index is 1200. The van der Waals surface area contributed by atoms with Gasteiger partial charge in [-0.1, -0.05) is 45.0 Å². The van der Waals surface area contributed by atoms with Crippen LogP contribution in [0, 0.1) is 30.6 Å². The zero-order valence-electron chi connectivity index (χ0n) is 20.4. The topological polar surface area (TPSA) is 65.2 Å². The number of carbonyl (C=O) groups excluding carboxylic acids is 1. The van der Waals surface area contributed by atoms with Gasteiger partial charge < -0.3 is 9.47 Å². The molecule has 1 saturated heterocycles. The molecule has 0 saturated carbocycles. The van der Waals surface area contributed by atoms with Crippen molar-refractivity contribution in [1.29, 1.82) is 5.26 Å². The summed E-state index contributed by atoms with van der Waals surface area (Å²) < 4.78 is 2.08. The lowest BCUT2D eigenvalue weighted by Gasteiger charge is -2.33. The minimum atomic E-state index is -0.0693. The van der Waals surface area contributed by atoms with Gasteiger partial charge >= 0.3 is 6.03 Å². The van der Waals surface area contributed by atoms with Crippen molar-refractivity contribution >= 4 is 24.1 Å². The second-order valence-corrected chi connectivity index (χ2v) is 9.94. The summed E-state index contributed by atoms with van der Waals surface area (Å²) in [4.78, 5) is 22.0. The van der Waals surface area contributed by atoms with E-state index < -0.39 is 0 Å². The standard InChI is InChI=1S/C27H31N5O.ClH/c1-19-7-6-8-24(20(19)2)31-17-25(27(3,4)5)32(26(31)33)16-23-14-29-18-30(23)15-22-11-9-21(13-28)10-12-22;/h6-12,14,18,25H,15-17H2,1-5H3;1H/t25-;/m1./s1. The number of anilines is 1. The summed E-state index contributed by atoms with van der Waals surface area (Å²) in [5.74, 6) is 0. The predicted molar refractivity (Wildman–Crippen MR) is 137 cm³/mol. The van der Waals surface area contributed by atoms with Crippen molar-refractivity contribution in [2.24, 2.45) is 5.41 Å². The Morgan fingerprint density at radius 2 is 1.79 bits per heavy atom. The highest BCUT2D eigenvalue weighted by molar-refractivity contribution is 5.95. The number of hydrogen-bond donors (Lipinski definition) is 0. The Morgan fingerprint density at radius 1 is 1.09 bits per heavy atom. The van der Waals surface area contributed by atoms with Gasteiger partial charge in [0.1, 0.15) is 0 Å². The van der Waals surface area contributed by atoms with Gasteiger partial charge in [-0.2, -0.15) is 5.26 Å². The third kappa shape index (κ3) is 4.95. The number of carbonyl (C=O) groups is 1. The van der Waals surface area contributed by atoms with E-state index in [0.717, 1.165) is 22.5 Å². The van der Waals surface area contributed by atoms with Gasteiger partial charge in [0.05, 0.1) is 36.2 Å². The number of aromatic nitrogens is 2. The van der Waals surface area contributed by atoms with Gasteiger partial charge in [-0.25, -0.2) is 9.78 Å². The van der Waals surface area contributed by atoms with E-state index in [1.54, 1.807) is 0 Å². The fourth-order valence-corrected chi connectivity index (χ4v) is 4.46. The van der Waals surface area contributed by atoms with Crippen LogP contribution in [0.3, 0.4) is 0 Å². The summed E-state index contributed by atoms with van der Waals surface area (Å²) in [5, 5.41) is 9.03. The fraction of sp³-hybridized carbons (Fsp3) is 0.370. The second kappa shape index (κ2) is 9.90. The number of urea groups is 1. The molecule has 0 radical (unpaired) electrons. The first-order valence-corrected chi connectivity index (χ1v) is 11.3. The van der Waals surface area contributed by atoms with Crippen LogP contribution in [0.4, 0.5) is 10.5 Å². The van der Waals surface area contributed by atoms with Gasteiger partial charge in [-0.05, 0) is 54.2 Å². The van der Waals surface area contributed by atoms with Crippen molar-refractivity contribution in [3.8, 4) is 6.07 Å². The van der Waals surface area contributed by atoms with Crippen molar-refractivity contribution in [3.05, 3.63) is 82.9 Å². The quantitative estimate of drug-likeness (QED) is 0.473. The molecule has 2 amide bonds. The van der Waals surface area contributed by atoms with Crippen molar-refractivity contribution in [2.75, 3.05) is 11.4 Å². The Kier molecular flexibility index (Phi) is 7.38. The Labute approximate surface area is 208 Å². The molecular weight excluding hydrogens is 446 g/mol. The summed E-state index contributed by atoms with van der Waals surface area (Å²) >= 11 is 0. The van der Waals surface area contributed by atoms with E-state index in [1.165, 1.54) is 5.56 Å². The van der Waals surface area contributed by atoms with Crippen LogP contribution < -0.4 is 4.90 Å². The molecule has 7 heteroatoms. The molecule has 1 atom stereocenters. The molecule has 2 heterocycles. The van der Waals surface area contributed by atoms with Crippen LogP contribution in [0.1, 0.15) is 48.7 Å². The van der Waals surface area contributed by atoms with Gasteiger partial charge in [-0.3, -0.25) is 4.90 Å². The highest BCUT2D eigenvalue weighted by atomic mass is 35.5. The van der Waals surface area contributed by atoms with Crippen LogP contribution in [0.5, 0.6) is 0 Å². The molecule has 0 bridgehead atoms. The largest absolute Gasteiger partial charge is 0.329 e. The summed E-state index contributed by atoms with van der Waals surface area (Å²) in [6.45, 7) is 12.5. The lowest BCUT2D eigenvalue weighted by Crippen LogP contribution is -2.42. The smallest absolute Gasteiger partial charge is 0.325 e. The van der Waals surface area contributed by atoms with Crippen LogP contribution in [0.15, 0.2) is 55.0 Å². The van der Waals surface area contributed by atoms with Crippen molar-refractivity contribution in [1.82, 2.24) is 14.5 Å². The molecule has 34 heavy (non-hydrogen) atoms. The van der Waals surface area contributed by atoms with E-state index >= 15 is 0 Å². The Hall–Kier alpha value is -3.30. The number of rotatable bonds is 5. The van der Waals surface area contributed by atoms with Gasteiger partial charge in [-0.15, -0.1) is 12.4 Å². The highest BCUT2D eigenvalue weighted by Gasteiger charge is 2.44. The molecule has 0 aliphatic carbocycles. The molecule has 6 nitrogen and oxygen atoms in total. The number of hydrogen-bond acceptors (Lipinski definition) is 3. The highest BCUT2D eigenvalue weighted by Crippen LogP contribution is 2.36. The minimum absolute atomic E-state index is 0. The number of halogens is 1. The molecule has 178 valence electrons. The van der Waals surface area contributed by atoms with E-state index in [9.17, 15) is 4.79 Å². The molecule has 4 rings (SSSR count). The molecule has 2 aromatic carbocycles. The van der Waals surface area contributed by atoms with Crippen LogP contribution in [0.2, 0.25) is 0 Å². The third-order valence-corrected chi connectivity index (χ3v) is 6.64. The maximum Gasteiger partial charge on any atom is 0.325 e. The second-order valence-electron chi connectivity index (χ2n) is 9.94. The molecule has 1 aliphatic heterocycles. The van der Waals surface area contributed by atoms with Crippen LogP contribution in [-0.4, -0.2) is 33.1 Å². The van der Waals surface area contributed by atoms with E-state index in [-0.39, 0.29) is 29.9 Å². The minimum Gasteiger partial charge on any atom is -0.329 e. The lowest BCUT2D eigenvalue weighted by molar-refractivity contribution is 0.148. The fourth-order valence-electron chi connectivity index (χ4n) is 4.46. The molecule has 1 aliphatic rings. The van der Waals surface area contributed by atoms with Gasteiger partial charge in [0.15, 0.2) is 0 Å². The number of aryl methyl sites for hydroxylation is 1. The number of nitriles is 1. The molecule has 0 N–H and O–H groups in total. The van der Waals surface area contributed by atoms with E-state index in [4.69, 9.17) is 5.26 Å². The molecule has 0 unspecified atom stereocenters. The van der Waals surface area contributed by atoms with E-state index in [1.807, 2.05) is 58.7 Å². The molecule has 3 aromatic rings. The van der Waals surface area contributed by atoms with Gasteiger partial charge in [0, 0.05) is 25.0 Å². The Balaban J connectivity index is 0.00000324. The predicted octanol–water partition coefficient (Wildman–Crippen LogP) is 5.70.